The lowest BCUT2D eigenvalue weighted by atomic mass is 10.2. The number of nitrogens with zero attached hydrogens (tertiary/aromatic N) is 4. The van der Waals surface area contributed by atoms with Crippen LogP contribution in [0.5, 0.6) is 0 Å². The van der Waals surface area contributed by atoms with Gasteiger partial charge in [-0.25, -0.2) is 9.78 Å². The highest BCUT2D eigenvalue weighted by molar-refractivity contribution is 6.29. The highest BCUT2D eigenvalue weighted by Crippen LogP contribution is 2.25. The van der Waals surface area contributed by atoms with E-state index in [0.717, 1.165) is 5.52 Å². The van der Waals surface area contributed by atoms with Gasteiger partial charge in [0.2, 0.25) is 0 Å². The van der Waals surface area contributed by atoms with Gasteiger partial charge < -0.3 is 15.1 Å². The van der Waals surface area contributed by atoms with Gasteiger partial charge in [0.25, 0.3) is 0 Å². The van der Waals surface area contributed by atoms with E-state index < -0.39 is 0 Å². The van der Waals surface area contributed by atoms with Crippen molar-refractivity contribution in [1.29, 1.82) is 0 Å². The van der Waals surface area contributed by atoms with Crippen LogP contribution >= 0.6 is 11.6 Å². The molecule has 0 saturated carbocycles. The predicted molar refractivity (Wildman–Crippen MR) is 97.8 cm³/mol. The molecule has 1 aliphatic heterocycles. The molecule has 136 valence electrons. The second-order valence-electron chi connectivity index (χ2n) is 5.99. The lowest BCUT2D eigenvalue weighted by Crippen LogP contribution is -2.61. The monoisotopic (exact) mass is 366 g/mol. The van der Waals surface area contributed by atoms with Gasteiger partial charge in [-0.05, 0) is 32.9 Å². The fraction of sp³-hybridized carbons (Fsp3) is 0.562. The Morgan fingerprint density at radius 2 is 2.20 bits per heavy atom. The number of aromatic nitrogens is 3. The zero-order valence-corrected chi connectivity index (χ0v) is 15.4. The number of nitrogens with one attached hydrogen (secondary N) is 2. The van der Waals surface area contributed by atoms with Gasteiger partial charge in [-0.2, -0.15) is 10.5 Å². The van der Waals surface area contributed by atoms with E-state index in [0.29, 0.717) is 42.7 Å². The highest BCUT2D eigenvalue weighted by atomic mass is 35.5. The van der Waals surface area contributed by atoms with Crippen LogP contribution in [0.25, 0.3) is 11.0 Å². The van der Waals surface area contributed by atoms with Gasteiger partial charge >= 0.3 is 5.69 Å². The number of hydrogen-bond donors (Lipinski definition) is 2. The fourth-order valence-electron chi connectivity index (χ4n) is 3.05. The van der Waals surface area contributed by atoms with Gasteiger partial charge in [0, 0.05) is 25.7 Å². The summed E-state index contributed by atoms with van der Waals surface area (Å²) in [6.45, 7) is 8.27. The van der Waals surface area contributed by atoms with Crippen LogP contribution in [0.3, 0.4) is 0 Å². The summed E-state index contributed by atoms with van der Waals surface area (Å²) in [6, 6.07) is 3.75. The van der Waals surface area contributed by atoms with E-state index in [1.54, 1.807) is 10.6 Å². The minimum absolute atomic E-state index is 0.162. The molecule has 0 spiro atoms. The average Bonchev–Trinajstić information content (AvgIpc) is 2.60. The summed E-state index contributed by atoms with van der Waals surface area (Å²) in [5.74, 6) is 0.526. The van der Waals surface area contributed by atoms with Gasteiger partial charge in [-0.3, -0.25) is 4.57 Å². The van der Waals surface area contributed by atoms with Crippen molar-refractivity contribution in [3.63, 3.8) is 0 Å². The fourth-order valence-corrected chi connectivity index (χ4v) is 3.20. The molecule has 0 amide bonds. The standard InChI is InChI=1S/C16H23ClN6O2/c1-4-22-11-6-7-12(17)19-14(11)15(20-16(22)24)23-9-10(3)18-8-13(23)21-25-5-2/h6-7,10,13,18,21H,4-5,8-9H2,1-3H3/t10-,13-/m1/s1. The quantitative estimate of drug-likeness (QED) is 0.606. The van der Waals surface area contributed by atoms with Gasteiger partial charge in [-0.1, -0.05) is 11.6 Å². The molecule has 2 aromatic heterocycles. The molecular formula is C16H23ClN6O2. The van der Waals surface area contributed by atoms with Crippen molar-refractivity contribution in [2.75, 3.05) is 24.6 Å². The molecule has 1 aliphatic rings. The summed E-state index contributed by atoms with van der Waals surface area (Å²) in [6.07, 6.45) is -0.162. The molecule has 9 heteroatoms. The minimum atomic E-state index is -0.296. The number of hydrogen-bond acceptors (Lipinski definition) is 7. The Hall–Kier alpha value is -1.74. The first kappa shape index (κ1) is 18.1. The third-order valence-corrected chi connectivity index (χ3v) is 4.44. The van der Waals surface area contributed by atoms with Crippen LogP contribution in [0.4, 0.5) is 5.82 Å². The van der Waals surface area contributed by atoms with E-state index in [1.807, 2.05) is 24.8 Å². The highest BCUT2D eigenvalue weighted by Gasteiger charge is 2.29. The number of rotatable bonds is 5. The molecule has 2 N–H and O–H groups in total. The smallest absolute Gasteiger partial charge is 0.334 e. The second kappa shape index (κ2) is 7.65. The summed E-state index contributed by atoms with van der Waals surface area (Å²) in [5.41, 5.74) is 4.07. The van der Waals surface area contributed by atoms with Crippen molar-refractivity contribution in [1.82, 2.24) is 25.3 Å². The normalized spacial score (nSPS) is 21.0. The summed E-state index contributed by atoms with van der Waals surface area (Å²) in [5, 5.41) is 3.77. The van der Waals surface area contributed by atoms with E-state index in [2.05, 4.69) is 27.7 Å². The van der Waals surface area contributed by atoms with Gasteiger partial charge in [0.15, 0.2) is 5.82 Å². The first-order chi connectivity index (χ1) is 12.0. The molecule has 8 nitrogen and oxygen atoms in total. The molecule has 0 radical (unpaired) electrons. The number of aryl methyl sites for hydroxylation is 1. The van der Waals surface area contributed by atoms with Crippen LogP contribution in [-0.4, -0.2) is 46.4 Å². The Labute approximate surface area is 151 Å². The van der Waals surface area contributed by atoms with Gasteiger partial charge in [0.05, 0.1) is 12.1 Å². The van der Waals surface area contributed by atoms with Crippen molar-refractivity contribution < 1.29 is 4.84 Å². The lowest BCUT2D eigenvalue weighted by molar-refractivity contribution is 0.0189. The predicted octanol–water partition coefficient (Wildman–Crippen LogP) is 1.13. The lowest BCUT2D eigenvalue weighted by Gasteiger charge is -2.40. The van der Waals surface area contributed by atoms with E-state index in [4.69, 9.17) is 16.4 Å². The topological polar surface area (TPSA) is 84.3 Å². The molecule has 0 bridgehead atoms. The SMILES string of the molecule is CCON[C@H]1CN[C@H](C)CN1c1nc(=O)n(CC)c2ccc(Cl)nc12. The molecule has 2 atom stereocenters. The number of anilines is 1. The van der Waals surface area contributed by atoms with Crippen molar-refractivity contribution in [3.8, 4) is 0 Å². The van der Waals surface area contributed by atoms with Crippen molar-refractivity contribution in [2.24, 2.45) is 0 Å². The number of halogens is 1. The van der Waals surface area contributed by atoms with Gasteiger partial charge in [0.1, 0.15) is 16.8 Å². The van der Waals surface area contributed by atoms with Crippen molar-refractivity contribution in [3.05, 3.63) is 27.8 Å². The van der Waals surface area contributed by atoms with E-state index in [1.165, 1.54) is 0 Å². The largest absolute Gasteiger partial charge is 0.350 e. The van der Waals surface area contributed by atoms with Crippen LogP contribution in [0.15, 0.2) is 16.9 Å². The Balaban J connectivity index is 2.15. The second-order valence-corrected chi connectivity index (χ2v) is 6.38. The Bertz CT molecular complexity index is 809. The van der Waals surface area contributed by atoms with E-state index >= 15 is 0 Å². The zero-order valence-electron chi connectivity index (χ0n) is 14.6. The first-order valence-corrected chi connectivity index (χ1v) is 8.87. The molecule has 3 heterocycles. The van der Waals surface area contributed by atoms with Crippen molar-refractivity contribution in [2.45, 2.75) is 39.5 Å². The minimum Gasteiger partial charge on any atom is -0.334 e. The Kier molecular flexibility index (Phi) is 5.53. The number of hydroxylamine groups is 1. The van der Waals surface area contributed by atoms with Crippen molar-refractivity contribution >= 4 is 28.5 Å². The first-order valence-electron chi connectivity index (χ1n) is 8.49. The Morgan fingerprint density at radius 3 is 2.92 bits per heavy atom. The van der Waals surface area contributed by atoms with E-state index in [-0.39, 0.29) is 17.9 Å². The summed E-state index contributed by atoms with van der Waals surface area (Å²) in [4.78, 5) is 28.7. The van der Waals surface area contributed by atoms with Crippen LogP contribution in [-0.2, 0) is 11.4 Å². The number of fused-ring (bicyclic) bond motifs is 1. The molecule has 1 saturated heterocycles. The molecular weight excluding hydrogens is 344 g/mol. The third kappa shape index (κ3) is 3.62. The van der Waals surface area contributed by atoms with Crippen LogP contribution in [0.2, 0.25) is 5.15 Å². The maximum Gasteiger partial charge on any atom is 0.350 e. The summed E-state index contributed by atoms with van der Waals surface area (Å²) < 4.78 is 1.60. The zero-order chi connectivity index (χ0) is 18.0. The third-order valence-electron chi connectivity index (χ3n) is 4.23. The molecule has 0 unspecified atom stereocenters. The average molecular weight is 367 g/mol. The molecule has 25 heavy (non-hydrogen) atoms. The summed E-state index contributed by atoms with van der Waals surface area (Å²) >= 11 is 6.12. The molecule has 2 aromatic rings. The van der Waals surface area contributed by atoms with Crippen LogP contribution in [0.1, 0.15) is 20.8 Å². The molecule has 3 rings (SSSR count). The molecule has 0 aromatic carbocycles. The van der Waals surface area contributed by atoms with Crippen LogP contribution < -0.4 is 21.4 Å². The maximum atomic E-state index is 12.5. The molecule has 0 aliphatic carbocycles. The van der Waals surface area contributed by atoms with Crippen LogP contribution in [0, 0.1) is 0 Å². The van der Waals surface area contributed by atoms with Gasteiger partial charge in [-0.15, -0.1) is 0 Å². The summed E-state index contributed by atoms with van der Waals surface area (Å²) in [7, 11) is 0. The van der Waals surface area contributed by atoms with E-state index in [9.17, 15) is 4.79 Å². The Morgan fingerprint density at radius 1 is 1.40 bits per heavy atom. The number of piperazine rings is 1. The maximum absolute atomic E-state index is 12.5. The number of pyridine rings is 1. The molecule has 1 fully saturated rings.